The number of sulfonamides is 1. The first-order valence-electron chi connectivity index (χ1n) is 8.59. The predicted octanol–water partition coefficient (Wildman–Crippen LogP) is 2.70. The highest BCUT2D eigenvalue weighted by Crippen LogP contribution is 2.22. The number of hydrogen-bond acceptors (Lipinski definition) is 4. The van der Waals surface area contributed by atoms with Crippen LogP contribution in [0.3, 0.4) is 0 Å². The highest BCUT2D eigenvalue weighted by molar-refractivity contribution is 7.92. The van der Waals surface area contributed by atoms with Gasteiger partial charge in [-0.1, -0.05) is 17.7 Å². The van der Waals surface area contributed by atoms with E-state index in [4.69, 9.17) is 11.6 Å². The minimum atomic E-state index is -3.32. The molecule has 0 aliphatic carbocycles. The molecule has 1 aliphatic rings. The number of rotatable bonds is 4. The number of piperazine rings is 1. The third-order valence-corrected chi connectivity index (χ3v) is 6.16. The molecule has 1 amide bonds. The number of benzene rings is 2. The molecule has 0 spiro atoms. The Labute approximate surface area is 165 Å². The van der Waals surface area contributed by atoms with Gasteiger partial charge in [0, 0.05) is 49.5 Å². The van der Waals surface area contributed by atoms with E-state index in [2.05, 4.69) is 4.90 Å². The smallest absolute Gasteiger partial charge is 0.253 e. The second kappa shape index (κ2) is 7.78. The zero-order chi connectivity index (χ0) is 19.6. The molecule has 1 aliphatic heterocycles. The van der Waals surface area contributed by atoms with Crippen LogP contribution >= 0.6 is 11.6 Å². The maximum Gasteiger partial charge on any atom is 0.253 e. The molecule has 27 heavy (non-hydrogen) atoms. The lowest BCUT2D eigenvalue weighted by molar-refractivity contribution is 0.0747. The molecule has 0 radical (unpaired) electrons. The average molecular weight is 408 g/mol. The van der Waals surface area contributed by atoms with Crippen LogP contribution in [0.1, 0.15) is 10.4 Å². The van der Waals surface area contributed by atoms with Crippen molar-refractivity contribution >= 4 is 38.9 Å². The lowest BCUT2D eigenvalue weighted by Gasteiger charge is -2.36. The Bertz CT molecular complexity index is 923. The van der Waals surface area contributed by atoms with Crippen LogP contribution in [0.5, 0.6) is 0 Å². The van der Waals surface area contributed by atoms with Gasteiger partial charge in [-0.15, -0.1) is 0 Å². The molecule has 0 N–H and O–H groups in total. The third-order valence-electron chi connectivity index (χ3n) is 4.72. The van der Waals surface area contributed by atoms with E-state index in [0.29, 0.717) is 29.4 Å². The summed E-state index contributed by atoms with van der Waals surface area (Å²) in [6.07, 6.45) is 1.14. The summed E-state index contributed by atoms with van der Waals surface area (Å²) in [5, 5.41) is 0.699. The van der Waals surface area contributed by atoms with E-state index in [9.17, 15) is 13.2 Å². The zero-order valence-corrected chi connectivity index (χ0v) is 16.9. The van der Waals surface area contributed by atoms with Crippen molar-refractivity contribution in [1.82, 2.24) is 4.90 Å². The number of hydrogen-bond donors (Lipinski definition) is 0. The molecule has 0 atom stereocenters. The topological polar surface area (TPSA) is 60.9 Å². The molecule has 8 heteroatoms. The van der Waals surface area contributed by atoms with Gasteiger partial charge in [-0.05, 0) is 42.5 Å². The summed E-state index contributed by atoms with van der Waals surface area (Å²) < 4.78 is 24.4. The van der Waals surface area contributed by atoms with Gasteiger partial charge in [0.05, 0.1) is 11.9 Å². The van der Waals surface area contributed by atoms with Crippen LogP contribution in [-0.2, 0) is 10.0 Å². The van der Waals surface area contributed by atoms with Gasteiger partial charge in [0.15, 0.2) is 0 Å². The molecule has 6 nitrogen and oxygen atoms in total. The molecule has 2 aromatic rings. The number of amides is 1. The number of halogens is 1. The summed E-state index contributed by atoms with van der Waals surface area (Å²) in [6.45, 7) is 2.72. The summed E-state index contributed by atoms with van der Waals surface area (Å²) in [6, 6.07) is 14.3. The Morgan fingerprint density at radius 3 is 2.22 bits per heavy atom. The van der Waals surface area contributed by atoms with Crippen LogP contribution < -0.4 is 9.21 Å². The first kappa shape index (κ1) is 19.5. The molecule has 144 valence electrons. The van der Waals surface area contributed by atoms with E-state index < -0.39 is 10.0 Å². The third kappa shape index (κ3) is 4.54. The molecular formula is C19H22ClN3O3S. The van der Waals surface area contributed by atoms with E-state index in [1.807, 2.05) is 29.2 Å². The van der Waals surface area contributed by atoms with Crippen molar-refractivity contribution in [2.24, 2.45) is 0 Å². The molecule has 3 rings (SSSR count). The van der Waals surface area contributed by atoms with Gasteiger partial charge in [-0.3, -0.25) is 9.10 Å². The molecule has 0 aromatic heterocycles. The van der Waals surface area contributed by atoms with Gasteiger partial charge in [0.25, 0.3) is 5.91 Å². The van der Waals surface area contributed by atoms with Crippen LogP contribution in [0, 0.1) is 0 Å². The molecule has 1 saturated heterocycles. The minimum absolute atomic E-state index is 0.0469. The Balaban J connectivity index is 1.64. The van der Waals surface area contributed by atoms with Crippen molar-refractivity contribution in [3.63, 3.8) is 0 Å². The summed E-state index contributed by atoms with van der Waals surface area (Å²) in [5.41, 5.74) is 2.14. The van der Waals surface area contributed by atoms with Crippen molar-refractivity contribution in [1.29, 1.82) is 0 Å². The van der Waals surface area contributed by atoms with Gasteiger partial charge in [-0.2, -0.15) is 0 Å². The quantitative estimate of drug-likeness (QED) is 0.781. The van der Waals surface area contributed by atoms with Gasteiger partial charge >= 0.3 is 0 Å². The first-order chi connectivity index (χ1) is 12.8. The second-order valence-electron chi connectivity index (χ2n) is 6.54. The maximum atomic E-state index is 12.7. The largest absolute Gasteiger partial charge is 0.368 e. The summed E-state index contributed by atoms with van der Waals surface area (Å²) in [7, 11) is -1.83. The monoisotopic (exact) mass is 407 g/mol. The van der Waals surface area contributed by atoms with Crippen molar-refractivity contribution < 1.29 is 13.2 Å². The first-order valence-corrected chi connectivity index (χ1v) is 10.8. The van der Waals surface area contributed by atoms with Crippen LogP contribution in [-0.4, -0.2) is 58.7 Å². The SMILES string of the molecule is CN(c1ccc(C(=O)N2CCN(c3cccc(Cl)c3)CC2)cc1)S(C)(=O)=O. The molecule has 1 fully saturated rings. The standard InChI is InChI=1S/C19H22ClN3O3S/c1-21(27(2,25)26)17-8-6-15(7-9-17)19(24)23-12-10-22(11-13-23)18-5-3-4-16(20)14-18/h3-9,14H,10-13H2,1-2H3. The number of carbonyl (C=O) groups is 1. The lowest BCUT2D eigenvalue weighted by atomic mass is 10.1. The Hall–Kier alpha value is -2.25. The second-order valence-corrected chi connectivity index (χ2v) is 8.99. The van der Waals surface area contributed by atoms with Gasteiger partial charge in [0.2, 0.25) is 10.0 Å². The number of carbonyl (C=O) groups excluding carboxylic acids is 1. The van der Waals surface area contributed by atoms with Crippen LogP contribution in [0.4, 0.5) is 11.4 Å². The Morgan fingerprint density at radius 1 is 1.04 bits per heavy atom. The highest BCUT2D eigenvalue weighted by atomic mass is 35.5. The average Bonchev–Trinajstić information content (AvgIpc) is 2.66. The molecule has 0 bridgehead atoms. The minimum Gasteiger partial charge on any atom is -0.368 e. The zero-order valence-electron chi connectivity index (χ0n) is 15.3. The van der Waals surface area contributed by atoms with Gasteiger partial charge < -0.3 is 9.80 Å². The van der Waals surface area contributed by atoms with Crippen molar-refractivity contribution in [2.75, 3.05) is 48.7 Å². The van der Waals surface area contributed by atoms with Gasteiger partial charge in [0.1, 0.15) is 0 Å². The summed E-state index contributed by atoms with van der Waals surface area (Å²) >= 11 is 6.05. The number of anilines is 2. The Morgan fingerprint density at radius 2 is 1.67 bits per heavy atom. The van der Waals surface area contributed by atoms with Crippen molar-refractivity contribution in [3.05, 3.63) is 59.1 Å². The highest BCUT2D eigenvalue weighted by Gasteiger charge is 2.23. The van der Waals surface area contributed by atoms with E-state index >= 15 is 0 Å². The van der Waals surface area contributed by atoms with E-state index in [0.717, 1.165) is 25.0 Å². The van der Waals surface area contributed by atoms with E-state index in [-0.39, 0.29) is 5.91 Å². The number of nitrogens with zero attached hydrogens (tertiary/aromatic N) is 3. The van der Waals surface area contributed by atoms with Crippen LogP contribution in [0.2, 0.25) is 5.02 Å². The van der Waals surface area contributed by atoms with E-state index in [1.165, 1.54) is 11.4 Å². The molecule has 0 unspecified atom stereocenters. The van der Waals surface area contributed by atoms with Crippen molar-refractivity contribution in [2.45, 2.75) is 0 Å². The predicted molar refractivity (Wildman–Crippen MR) is 109 cm³/mol. The fraction of sp³-hybridized carbons (Fsp3) is 0.316. The molecule has 0 saturated carbocycles. The van der Waals surface area contributed by atoms with Crippen LogP contribution in [0.25, 0.3) is 0 Å². The molecular weight excluding hydrogens is 386 g/mol. The fourth-order valence-electron chi connectivity index (χ4n) is 3.03. The normalized spacial score (nSPS) is 14.9. The van der Waals surface area contributed by atoms with Crippen molar-refractivity contribution in [3.8, 4) is 0 Å². The summed E-state index contributed by atoms with van der Waals surface area (Å²) in [5.74, 6) is -0.0469. The molecule has 2 aromatic carbocycles. The summed E-state index contributed by atoms with van der Waals surface area (Å²) in [4.78, 5) is 16.8. The molecule has 1 heterocycles. The fourth-order valence-corrected chi connectivity index (χ4v) is 3.72. The van der Waals surface area contributed by atoms with Gasteiger partial charge in [-0.25, -0.2) is 8.42 Å². The Kier molecular flexibility index (Phi) is 5.62. The lowest BCUT2D eigenvalue weighted by Crippen LogP contribution is -2.48. The maximum absolute atomic E-state index is 12.7. The van der Waals surface area contributed by atoms with E-state index in [1.54, 1.807) is 24.3 Å². The van der Waals surface area contributed by atoms with Crippen LogP contribution in [0.15, 0.2) is 48.5 Å².